The third kappa shape index (κ3) is 3.11. The first kappa shape index (κ1) is 14.4. The third-order valence-electron chi connectivity index (χ3n) is 3.94. The van der Waals surface area contributed by atoms with E-state index in [1.165, 1.54) is 12.1 Å². The van der Waals surface area contributed by atoms with Crippen LogP contribution in [0.25, 0.3) is 0 Å². The summed E-state index contributed by atoms with van der Waals surface area (Å²) in [6, 6.07) is 5.77. The molecule has 0 heterocycles. The van der Waals surface area contributed by atoms with E-state index in [1.807, 2.05) is 6.07 Å². The van der Waals surface area contributed by atoms with Gasteiger partial charge in [-0.15, -0.1) is 0 Å². The molecule has 0 aliphatic heterocycles. The molecule has 1 N–H and O–H groups in total. The number of nitrogens with one attached hydrogen (secondary N) is 1. The van der Waals surface area contributed by atoms with Gasteiger partial charge in [0, 0.05) is 5.54 Å². The second kappa shape index (κ2) is 5.53. The molecule has 1 saturated carbocycles. The van der Waals surface area contributed by atoms with Gasteiger partial charge in [-0.2, -0.15) is 13.2 Å². The zero-order valence-corrected chi connectivity index (χ0v) is 11.2. The fraction of sp³-hybridized carbons (Fsp3) is 0.600. The lowest BCUT2D eigenvalue weighted by molar-refractivity contribution is -0.137. The van der Waals surface area contributed by atoms with Crippen LogP contribution in [0.2, 0.25) is 0 Å². The van der Waals surface area contributed by atoms with Gasteiger partial charge in [0.15, 0.2) is 0 Å². The topological polar surface area (TPSA) is 12.0 Å². The molecule has 0 bridgehead atoms. The molecule has 2 rings (SSSR count). The maximum atomic E-state index is 12.8. The first-order valence-corrected chi connectivity index (χ1v) is 6.91. The van der Waals surface area contributed by atoms with Gasteiger partial charge in [-0.3, -0.25) is 0 Å². The maximum Gasteiger partial charge on any atom is 0.416 e. The molecule has 106 valence electrons. The van der Waals surface area contributed by atoms with Crippen molar-refractivity contribution >= 4 is 0 Å². The van der Waals surface area contributed by atoms with Crippen molar-refractivity contribution in [2.75, 3.05) is 6.54 Å². The lowest BCUT2D eigenvalue weighted by Crippen LogP contribution is -2.48. The number of benzene rings is 1. The molecule has 0 spiro atoms. The van der Waals surface area contributed by atoms with Crippen molar-refractivity contribution in [2.24, 2.45) is 0 Å². The van der Waals surface area contributed by atoms with E-state index in [4.69, 9.17) is 0 Å². The maximum absolute atomic E-state index is 12.8. The summed E-state index contributed by atoms with van der Waals surface area (Å²) in [6.45, 7) is 2.98. The van der Waals surface area contributed by atoms with Crippen molar-refractivity contribution in [3.05, 3.63) is 35.4 Å². The molecule has 1 aliphatic carbocycles. The molecule has 1 aliphatic rings. The Bertz CT molecular complexity index is 422. The third-order valence-corrected chi connectivity index (χ3v) is 3.94. The summed E-state index contributed by atoms with van der Waals surface area (Å²) >= 11 is 0. The average molecular weight is 271 g/mol. The number of halogens is 3. The molecule has 0 radical (unpaired) electrons. The van der Waals surface area contributed by atoms with E-state index in [2.05, 4.69) is 12.2 Å². The van der Waals surface area contributed by atoms with E-state index < -0.39 is 11.7 Å². The Hall–Kier alpha value is -1.03. The summed E-state index contributed by atoms with van der Waals surface area (Å²) in [4.78, 5) is 0. The van der Waals surface area contributed by atoms with Gasteiger partial charge < -0.3 is 5.32 Å². The van der Waals surface area contributed by atoms with Crippen LogP contribution in [-0.2, 0) is 11.7 Å². The Morgan fingerprint density at radius 3 is 2.53 bits per heavy atom. The highest BCUT2D eigenvalue weighted by Crippen LogP contribution is 2.42. The van der Waals surface area contributed by atoms with Crippen molar-refractivity contribution in [3.8, 4) is 0 Å². The van der Waals surface area contributed by atoms with E-state index in [0.717, 1.165) is 50.3 Å². The molecule has 1 nitrogen and oxygen atoms in total. The van der Waals surface area contributed by atoms with Gasteiger partial charge >= 0.3 is 6.18 Å². The Labute approximate surface area is 112 Å². The molecule has 19 heavy (non-hydrogen) atoms. The molecule has 4 heteroatoms. The van der Waals surface area contributed by atoms with Gasteiger partial charge in [0.1, 0.15) is 0 Å². The Morgan fingerprint density at radius 1 is 1.26 bits per heavy atom. The van der Waals surface area contributed by atoms with E-state index in [0.29, 0.717) is 0 Å². The van der Waals surface area contributed by atoms with Crippen molar-refractivity contribution in [1.29, 1.82) is 0 Å². The van der Waals surface area contributed by atoms with Crippen LogP contribution in [0, 0.1) is 0 Å². The molecular weight excluding hydrogens is 251 g/mol. The summed E-state index contributed by atoms with van der Waals surface area (Å²) in [5, 5.41) is 3.46. The number of alkyl halides is 3. The van der Waals surface area contributed by atoms with Crippen LogP contribution in [-0.4, -0.2) is 6.54 Å². The van der Waals surface area contributed by atoms with Crippen LogP contribution in [0.5, 0.6) is 0 Å². The number of hydrogen-bond acceptors (Lipinski definition) is 1. The van der Waals surface area contributed by atoms with E-state index in [-0.39, 0.29) is 5.54 Å². The van der Waals surface area contributed by atoms with Gasteiger partial charge in [0.05, 0.1) is 5.56 Å². The zero-order valence-electron chi connectivity index (χ0n) is 11.2. The van der Waals surface area contributed by atoms with E-state index in [1.54, 1.807) is 0 Å². The zero-order chi connectivity index (χ0) is 13.9. The van der Waals surface area contributed by atoms with Crippen LogP contribution in [0.3, 0.4) is 0 Å². The average Bonchev–Trinajstić information content (AvgIpc) is 2.32. The predicted octanol–water partition coefficient (Wildman–Crippen LogP) is 4.47. The van der Waals surface area contributed by atoms with E-state index >= 15 is 0 Å². The summed E-state index contributed by atoms with van der Waals surface area (Å²) in [6.07, 6.45) is 0.822. The highest BCUT2D eigenvalue weighted by Gasteiger charge is 2.39. The monoisotopic (exact) mass is 271 g/mol. The molecule has 0 amide bonds. The number of hydrogen-bond donors (Lipinski definition) is 1. The summed E-state index contributed by atoms with van der Waals surface area (Å²) in [5.74, 6) is 0. The van der Waals surface area contributed by atoms with Crippen molar-refractivity contribution < 1.29 is 13.2 Å². The van der Waals surface area contributed by atoms with Gasteiger partial charge in [-0.05, 0) is 49.9 Å². The first-order valence-electron chi connectivity index (χ1n) is 6.91. The van der Waals surface area contributed by atoms with Crippen molar-refractivity contribution in [1.82, 2.24) is 5.32 Å². The highest BCUT2D eigenvalue weighted by molar-refractivity contribution is 5.33. The summed E-state index contributed by atoms with van der Waals surface area (Å²) in [5.41, 5.74) is 0.00872. The minimum absolute atomic E-state index is 0.226. The molecule has 1 aromatic carbocycles. The highest BCUT2D eigenvalue weighted by atomic mass is 19.4. The Morgan fingerprint density at radius 2 is 2.00 bits per heavy atom. The molecule has 1 aromatic rings. The van der Waals surface area contributed by atoms with Crippen LogP contribution in [0.4, 0.5) is 13.2 Å². The fourth-order valence-corrected chi connectivity index (χ4v) is 2.60. The number of rotatable bonds is 5. The minimum Gasteiger partial charge on any atom is -0.307 e. The summed E-state index contributed by atoms with van der Waals surface area (Å²) < 4.78 is 38.3. The Kier molecular flexibility index (Phi) is 4.19. The van der Waals surface area contributed by atoms with Crippen molar-refractivity contribution in [3.63, 3.8) is 0 Å². The first-order chi connectivity index (χ1) is 8.98. The quantitative estimate of drug-likeness (QED) is 0.779. The van der Waals surface area contributed by atoms with Gasteiger partial charge in [0.2, 0.25) is 0 Å². The van der Waals surface area contributed by atoms with E-state index in [9.17, 15) is 13.2 Å². The lowest BCUT2D eigenvalue weighted by atomic mass is 9.71. The fourth-order valence-electron chi connectivity index (χ4n) is 2.60. The van der Waals surface area contributed by atoms with Crippen LogP contribution in [0.15, 0.2) is 24.3 Å². The van der Waals surface area contributed by atoms with Crippen LogP contribution >= 0.6 is 0 Å². The van der Waals surface area contributed by atoms with Gasteiger partial charge in [-0.1, -0.05) is 25.5 Å². The lowest BCUT2D eigenvalue weighted by Gasteiger charge is -2.43. The molecular formula is C15H20F3N. The van der Waals surface area contributed by atoms with Crippen molar-refractivity contribution in [2.45, 2.75) is 50.7 Å². The smallest absolute Gasteiger partial charge is 0.307 e. The van der Waals surface area contributed by atoms with Gasteiger partial charge in [-0.25, -0.2) is 0 Å². The standard InChI is InChI=1S/C15H20F3N/c1-2-3-10-19-14(8-5-9-14)12-6-4-7-13(11-12)15(16,17)18/h4,6-7,11,19H,2-3,5,8-10H2,1H3. The molecule has 0 saturated heterocycles. The molecule has 0 atom stereocenters. The second-order valence-corrected chi connectivity index (χ2v) is 5.29. The second-order valence-electron chi connectivity index (χ2n) is 5.29. The molecule has 0 aromatic heterocycles. The van der Waals surface area contributed by atoms with Crippen LogP contribution in [0.1, 0.15) is 50.2 Å². The van der Waals surface area contributed by atoms with Crippen LogP contribution < -0.4 is 5.32 Å². The molecule has 0 unspecified atom stereocenters. The Balaban J connectivity index is 2.19. The SMILES string of the molecule is CCCCNC1(c2cccc(C(F)(F)F)c2)CCC1. The minimum atomic E-state index is -4.26. The molecule has 1 fully saturated rings. The largest absolute Gasteiger partial charge is 0.416 e. The normalized spacial score (nSPS) is 18.1. The number of unbranched alkanes of at least 4 members (excludes halogenated alkanes) is 1. The predicted molar refractivity (Wildman–Crippen MR) is 69.9 cm³/mol. The van der Waals surface area contributed by atoms with Gasteiger partial charge in [0.25, 0.3) is 0 Å². The summed E-state index contributed by atoms with van der Waals surface area (Å²) in [7, 11) is 0.